The van der Waals surface area contributed by atoms with Crippen LogP contribution in [0.15, 0.2) is 37.4 Å². The van der Waals surface area contributed by atoms with Gasteiger partial charge in [-0.15, -0.1) is 60.0 Å². The van der Waals surface area contributed by atoms with Crippen molar-refractivity contribution in [2.75, 3.05) is 0 Å². The van der Waals surface area contributed by atoms with Crippen LogP contribution >= 0.6 is 0 Å². The van der Waals surface area contributed by atoms with E-state index in [0.29, 0.717) is 22.7 Å². The van der Waals surface area contributed by atoms with E-state index in [1.807, 2.05) is 0 Å². The molecule has 0 saturated carbocycles. The molecule has 4 aromatic heterocycles. The molecule has 0 saturated heterocycles. The highest BCUT2D eigenvalue weighted by molar-refractivity contribution is 5.64. The molecule has 0 aliphatic rings. The van der Waals surface area contributed by atoms with Gasteiger partial charge >= 0.3 is 0 Å². The Morgan fingerprint density at radius 1 is 0.423 bits per heavy atom. The molecule has 4 heterocycles. The fourth-order valence-electron chi connectivity index (χ4n) is 2.31. The summed E-state index contributed by atoms with van der Waals surface area (Å²) in [5.74, 6) is 0. The quantitative estimate of drug-likeness (QED) is 0.336. The van der Waals surface area contributed by atoms with Crippen LogP contribution in [0.5, 0.6) is 0 Å². The highest BCUT2D eigenvalue weighted by Gasteiger charge is 2.20. The molecule has 5 aromatic rings. The Kier molecular flexibility index (Phi) is 2.96. The van der Waals surface area contributed by atoms with Gasteiger partial charge in [-0.3, -0.25) is 0 Å². The van der Waals surface area contributed by atoms with Crippen LogP contribution in [0, 0.1) is 0 Å². The SMILES string of the molecule is c1nnn(-c2cc(-n3ncnn3)c(-n3ncnn3)cc2-n2ncnn2)n1. The molecule has 0 radical (unpaired) electrons. The third kappa shape index (κ3) is 2.17. The summed E-state index contributed by atoms with van der Waals surface area (Å²) in [4.78, 5) is 5.21. The Morgan fingerprint density at radius 2 is 0.692 bits per heavy atom. The summed E-state index contributed by atoms with van der Waals surface area (Å²) in [7, 11) is 0. The molecule has 126 valence electrons. The lowest BCUT2D eigenvalue weighted by molar-refractivity contribution is 0.654. The van der Waals surface area contributed by atoms with Gasteiger partial charge in [0.15, 0.2) is 25.3 Å². The summed E-state index contributed by atoms with van der Waals surface area (Å²) in [6.45, 7) is 0. The first-order valence-corrected chi connectivity index (χ1v) is 7.01. The molecule has 0 aliphatic carbocycles. The second-order valence-electron chi connectivity index (χ2n) is 4.73. The maximum Gasteiger partial charge on any atom is 0.162 e. The van der Waals surface area contributed by atoms with E-state index >= 15 is 0 Å². The molecular weight excluding hydrogens is 344 g/mol. The van der Waals surface area contributed by atoms with E-state index in [4.69, 9.17) is 0 Å². The van der Waals surface area contributed by atoms with Gasteiger partial charge in [-0.2, -0.15) is 0 Å². The zero-order chi connectivity index (χ0) is 17.3. The van der Waals surface area contributed by atoms with Crippen LogP contribution in [0.25, 0.3) is 22.7 Å². The van der Waals surface area contributed by atoms with Gasteiger partial charge < -0.3 is 0 Å². The Bertz CT molecular complexity index is 927. The van der Waals surface area contributed by atoms with E-state index in [0.717, 1.165) is 0 Å². The van der Waals surface area contributed by atoms with Gasteiger partial charge in [0.1, 0.15) is 22.7 Å². The van der Waals surface area contributed by atoms with Crippen molar-refractivity contribution in [1.29, 1.82) is 0 Å². The maximum atomic E-state index is 4.06. The van der Waals surface area contributed by atoms with Crippen LogP contribution in [-0.2, 0) is 0 Å². The molecule has 0 unspecified atom stereocenters. The van der Waals surface area contributed by atoms with Gasteiger partial charge in [0, 0.05) is 0 Å². The van der Waals surface area contributed by atoms with Crippen molar-refractivity contribution in [3.63, 3.8) is 0 Å². The van der Waals surface area contributed by atoms with Gasteiger partial charge in [0.2, 0.25) is 0 Å². The van der Waals surface area contributed by atoms with Gasteiger partial charge in [0.05, 0.1) is 0 Å². The van der Waals surface area contributed by atoms with E-state index in [9.17, 15) is 0 Å². The van der Waals surface area contributed by atoms with Gasteiger partial charge in [-0.25, -0.2) is 0 Å². The van der Waals surface area contributed by atoms with Crippen molar-refractivity contribution >= 4 is 0 Å². The molecule has 0 N–H and O–H groups in total. The minimum atomic E-state index is 0.497. The molecule has 0 amide bonds. The molecule has 0 fully saturated rings. The van der Waals surface area contributed by atoms with E-state index < -0.39 is 0 Å². The van der Waals surface area contributed by atoms with Crippen LogP contribution in [0.3, 0.4) is 0 Å². The molecule has 0 spiro atoms. The van der Waals surface area contributed by atoms with Crippen LogP contribution in [0.1, 0.15) is 0 Å². The average molecular weight is 350 g/mol. The third-order valence-corrected chi connectivity index (χ3v) is 3.33. The number of tetrazole rings is 4. The zero-order valence-electron chi connectivity index (χ0n) is 12.6. The van der Waals surface area contributed by atoms with Crippen LogP contribution in [0.4, 0.5) is 0 Å². The lowest BCUT2D eigenvalue weighted by Gasteiger charge is -2.12. The van der Waals surface area contributed by atoms with Gasteiger partial charge in [0.25, 0.3) is 0 Å². The predicted molar refractivity (Wildman–Crippen MR) is 77.3 cm³/mol. The highest BCUT2D eigenvalue weighted by atomic mass is 15.6. The molecule has 16 nitrogen and oxygen atoms in total. The van der Waals surface area contributed by atoms with Crippen LogP contribution in [-0.4, -0.2) is 80.8 Å². The molecule has 1 aromatic carbocycles. The summed E-state index contributed by atoms with van der Waals surface area (Å²) < 4.78 is 0. The maximum absolute atomic E-state index is 4.06. The molecule has 16 heteroatoms. The largest absolute Gasteiger partial charge is 0.162 e. The fourth-order valence-corrected chi connectivity index (χ4v) is 2.31. The summed E-state index contributed by atoms with van der Waals surface area (Å²) in [5.41, 5.74) is 1.99. The van der Waals surface area contributed by atoms with Crippen LogP contribution < -0.4 is 0 Å². The molecule has 0 aliphatic heterocycles. The van der Waals surface area contributed by atoms with Crippen molar-refractivity contribution in [3.8, 4) is 22.7 Å². The second kappa shape index (κ2) is 5.54. The first-order valence-electron chi connectivity index (χ1n) is 7.01. The van der Waals surface area contributed by atoms with Crippen molar-refractivity contribution in [2.45, 2.75) is 0 Å². The molecule has 5 rings (SSSR count). The van der Waals surface area contributed by atoms with Crippen molar-refractivity contribution in [2.24, 2.45) is 0 Å². The normalized spacial score (nSPS) is 11.1. The van der Waals surface area contributed by atoms with Crippen molar-refractivity contribution in [1.82, 2.24) is 80.8 Å². The molecule has 0 atom stereocenters. The summed E-state index contributed by atoms with van der Waals surface area (Å²) in [6.07, 6.45) is 5.22. The highest BCUT2D eigenvalue weighted by Crippen LogP contribution is 2.26. The standard InChI is InChI=1S/C10H6N16/c1-7(23-15-3-11-19-23)9(25-17-5-13-21-25)2-10(26-18-6-14-22-26)8(1)24-16-4-12-20-24/h1-6H. The monoisotopic (exact) mass is 350 g/mol. The van der Waals surface area contributed by atoms with Crippen LogP contribution in [0.2, 0.25) is 0 Å². The molecule has 0 bridgehead atoms. The Labute approximate surface area is 142 Å². The van der Waals surface area contributed by atoms with E-state index in [-0.39, 0.29) is 0 Å². The summed E-state index contributed by atoms with van der Waals surface area (Å²) >= 11 is 0. The smallest absolute Gasteiger partial charge is 0.135 e. The summed E-state index contributed by atoms with van der Waals surface area (Å²) in [5, 5.41) is 46.9. The van der Waals surface area contributed by atoms with Crippen molar-refractivity contribution in [3.05, 3.63) is 37.4 Å². The minimum absolute atomic E-state index is 0.497. The van der Waals surface area contributed by atoms with Gasteiger partial charge in [-0.1, -0.05) is 0 Å². The lowest BCUT2D eigenvalue weighted by Crippen LogP contribution is -2.14. The molecular formula is C10H6N16. The lowest BCUT2D eigenvalue weighted by atomic mass is 10.2. The number of aromatic nitrogens is 16. The molecule has 26 heavy (non-hydrogen) atoms. The number of hydrogen-bond donors (Lipinski definition) is 0. The summed E-state index contributed by atoms with van der Waals surface area (Å²) in [6, 6.07) is 3.39. The number of hydrogen-bond acceptors (Lipinski definition) is 12. The van der Waals surface area contributed by atoms with E-state index in [1.165, 1.54) is 44.5 Å². The number of rotatable bonds is 4. The zero-order valence-corrected chi connectivity index (χ0v) is 12.6. The second-order valence-corrected chi connectivity index (χ2v) is 4.73. The first-order chi connectivity index (χ1) is 12.9. The Balaban J connectivity index is 1.84. The number of nitrogens with zero attached hydrogens (tertiary/aromatic N) is 16. The Morgan fingerprint density at radius 3 is 0.885 bits per heavy atom. The predicted octanol–water partition coefficient (Wildman–Crippen LogP) is -2.41. The van der Waals surface area contributed by atoms with E-state index in [2.05, 4.69) is 61.6 Å². The van der Waals surface area contributed by atoms with E-state index in [1.54, 1.807) is 12.1 Å². The third-order valence-electron chi connectivity index (χ3n) is 3.33. The topological polar surface area (TPSA) is 174 Å². The fraction of sp³-hybridized carbons (Fsp3) is 0. The minimum Gasteiger partial charge on any atom is -0.135 e. The number of benzene rings is 1. The van der Waals surface area contributed by atoms with Gasteiger partial charge in [-0.05, 0) is 33.0 Å². The average Bonchev–Trinajstić information content (AvgIpc) is 3.49. The van der Waals surface area contributed by atoms with Crippen molar-refractivity contribution < 1.29 is 0 Å². The first kappa shape index (κ1) is 13.9. The Hall–Kier alpha value is -4.50.